The Morgan fingerprint density at radius 2 is 2.17 bits per heavy atom. The fourth-order valence-corrected chi connectivity index (χ4v) is 2.13. The molecule has 0 spiro atoms. The van der Waals surface area contributed by atoms with Gasteiger partial charge in [0.1, 0.15) is 5.82 Å². The van der Waals surface area contributed by atoms with E-state index in [0.29, 0.717) is 12.1 Å². The van der Waals surface area contributed by atoms with E-state index in [1.165, 1.54) is 12.8 Å². The number of hydrogen-bond donors (Lipinski definition) is 1. The summed E-state index contributed by atoms with van der Waals surface area (Å²) in [5.41, 5.74) is 1.81. The minimum Gasteiger partial charge on any atom is -0.369 e. The highest BCUT2D eigenvalue weighted by Crippen LogP contribution is 2.27. The first-order valence-electron chi connectivity index (χ1n) is 6.87. The summed E-state index contributed by atoms with van der Waals surface area (Å²) >= 11 is 0. The lowest BCUT2D eigenvalue weighted by molar-refractivity contribution is 0.590. The lowest BCUT2D eigenvalue weighted by Gasteiger charge is -2.28. The molecule has 1 aromatic rings. The third kappa shape index (κ3) is 3.02. The summed E-state index contributed by atoms with van der Waals surface area (Å²) < 4.78 is 14.1. The third-order valence-corrected chi connectivity index (χ3v) is 3.83. The lowest BCUT2D eigenvalue weighted by atomic mass is 10.1. The maximum atomic E-state index is 14.1. The summed E-state index contributed by atoms with van der Waals surface area (Å²) in [4.78, 5) is 2.05. The predicted molar refractivity (Wildman–Crippen MR) is 74.4 cm³/mol. The van der Waals surface area contributed by atoms with Gasteiger partial charge in [-0.05, 0) is 37.8 Å². The Morgan fingerprint density at radius 1 is 1.44 bits per heavy atom. The average Bonchev–Trinajstić information content (AvgIpc) is 3.18. The molecule has 3 heteroatoms. The van der Waals surface area contributed by atoms with Crippen molar-refractivity contribution in [3.05, 3.63) is 29.6 Å². The largest absolute Gasteiger partial charge is 0.369 e. The lowest BCUT2D eigenvalue weighted by Crippen LogP contribution is -2.30. The highest BCUT2D eigenvalue weighted by atomic mass is 19.1. The topological polar surface area (TPSA) is 15.3 Å². The van der Waals surface area contributed by atoms with Gasteiger partial charge in [-0.1, -0.05) is 19.1 Å². The van der Waals surface area contributed by atoms with Gasteiger partial charge in [0.15, 0.2) is 0 Å². The first-order valence-corrected chi connectivity index (χ1v) is 6.87. The zero-order valence-electron chi connectivity index (χ0n) is 11.5. The molecule has 0 bridgehead atoms. The van der Waals surface area contributed by atoms with Gasteiger partial charge < -0.3 is 10.2 Å². The maximum absolute atomic E-state index is 14.1. The van der Waals surface area contributed by atoms with Gasteiger partial charge in [0, 0.05) is 25.7 Å². The molecular formula is C15H23FN2. The Labute approximate surface area is 109 Å². The summed E-state index contributed by atoms with van der Waals surface area (Å²) in [6.07, 6.45) is 3.53. The van der Waals surface area contributed by atoms with E-state index >= 15 is 0 Å². The van der Waals surface area contributed by atoms with Crippen LogP contribution in [0.5, 0.6) is 0 Å². The van der Waals surface area contributed by atoms with Crippen LogP contribution >= 0.6 is 0 Å². The van der Waals surface area contributed by atoms with Crippen molar-refractivity contribution in [3.8, 4) is 0 Å². The molecule has 0 radical (unpaired) electrons. The van der Waals surface area contributed by atoms with Gasteiger partial charge in [0.2, 0.25) is 0 Å². The maximum Gasteiger partial charge on any atom is 0.146 e. The summed E-state index contributed by atoms with van der Waals surface area (Å²) in [5.74, 6) is -0.118. The number of hydrogen-bond acceptors (Lipinski definition) is 2. The van der Waals surface area contributed by atoms with Gasteiger partial charge in [-0.25, -0.2) is 4.39 Å². The molecule has 1 aliphatic carbocycles. The number of halogens is 1. The minimum absolute atomic E-state index is 0.118. The Bertz CT molecular complexity index is 401. The highest BCUT2D eigenvalue weighted by molar-refractivity contribution is 5.55. The first-order chi connectivity index (χ1) is 8.63. The molecule has 1 aliphatic rings. The van der Waals surface area contributed by atoms with Gasteiger partial charge >= 0.3 is 0 Å². The standard InChI is InChI=1S/C15H23FN2/c1-4-11(2)18(3)15-12(6-5-7-14(15)16)10-17-13-8-9-13/h5-7,11,13,17H,4,8-10H2,1-3H3. The van der Waals surface area contributed by atoms with E-state index in [0.717, 1.165) is 24.2 Å². The Kier molecular flexibility index (Phi) is 4.23. The van der Waals surface area contributed by atoms with Crippen molar-refractivity contribution in [3.63, 3.8) is 0 Å². The normalized spacial score (nSPS) is 16.7. The molecule has 100 valence electrons. The van der Waals surface area contributed by atoms with Crippen LogP contribution in [0.25, 0.3) is 0 Å². The van der Waals surface area contributed by atoms with E-state index in [4.69, 9.17) is 0 Å². The number of anilines is 1. The van der Waals surface area contributed by atoms with Crippen LogP contribution in [0.15, 0.2) is 18.2 Å². The predicted octanol–water partition coefficient (Wildman–Crippen LogP) is 3.31. The molecular weight excluding hydrogens is 227 g/mol. The number of para-hydroxylation sites is 1. The Morgan fingerprint density at radius 3 is 2.78 bits per heavy atom. The van der Waals surface area contributed by atoms with Crippen LogP contribution in [-0.4, -0.2) is 19.1 Å². The van der Waals surface area contributed by atoms with Crippen LogP contribution in [0.2, 0.25) is 0 Å². The van der Waals surface area contributed by atoms with Crippen LogP contribution < -0.4 is 10.2 Å². The molecule has 1 N–H and O–H groups in total. The van der Waals surface area contributed by atoms with Crippen molar-refractivity contribution in [1.29, 1.82) is 0 Å². The molecule has 0 saturated heterocycles. The van der Waals surface area contributed by atoms with Crippen LogP contribution in [0.4, 0.5) is 10.1 Å². The van der Waals surface area contributed by atoms with E-state index in [1.54, 1.807) is 12.1 Å². The Balaban J connectivity index is 2.18. The summed E-state index contributed by atoms with van der Waals surface area (Å²) in [6, 6.07) is 6.37. The van der Waals surface area contributed by atoms with Crippen LogP contribution in [-0.2, 0) is 6.54 Å². The van der Waals surface area contributed by atoms with Crippen molar-refractivity contribution in [1.82, 2.24) is 5.32 Å². The number of benzene rings is 1. The molecule has 0 aromatic heterocycles. The van der Waals surface area contributed by atoms with Gasteiger partial charge in [0.05, 0.1) is 5.69 Å². The van der Waals surface area contributed by atoms with E-state index in [-0.39, 0.29) is 5.82 Å². The second-order valence-corrected chi connectivity index (χ2v) is 5.27. The van der Waals surface area contributed by atoms with Crippen LogP contribution in [0.1, 0.15) is 38.7 Å². The fourth-order valence-electron chi connectivity index (χ4n) is 2.13. The van der Waals surface area contributed by atoms with Crippen molar-refractivity contribution in [2.75, 3.05) is 11.9 Å². The van der Waals surface area contributed by atoms with Crippen molar-refractivity contribution >= 4 is 5.69 Å². The smallest absolute Gasteiger partial charge is 0.146 e. The van der Waals surface area contributed by atoms with Crippen molar-refractivity contribution in [2.24, 2.45) is 0 Å². The van der Waals surface area contributed by atoms with Crippen molar-refractivity contribution < 1.29 is 4.39 Å². The summed E-state index contributed by atoms with van der Waals surface area (Å²) in [6.45, 7) is 5.02. The van der Waals surface area contributed by atoms with E-state index in [9.17, 15) is 4.39 Å². The molecule has 0 amide bonds. The molecule has 18 heavy (non-hydrogen) atoms. The molecule has 0 aliphatic heterocycles. The number of nitrogens with zero attached hydrogens (tertiary/aromatic N) is 1. The summed E-state index contributed by atoms with van der Waals surface area (Å²) in [7, 11) is 1.98. The second-order valence-electron chi connectivity index (χ2n) is 5.27. The highest BCUT2D eigenvalue weighted by Gasteiger charge is 2.22. The zero-order valence-corrected chi connectivity index (χ0v) is 11.5. The van der Waals surface area contributed by atoms with E-state index in [1.807, 2.05) is 13.1 Å². The summed E-state index contributed by atoms with van der Waals surface area (Å²) in [5, 5.41) is 3.46. The van der Waals surface area contributed by atoms with E-state index < -0.39 is 0 Å². The molecule has 1 aromatic carbocycles. The fraction of sp³-hybridized carbons (Fsp3) is 0.600. The molecule has 0 heterocycles. The third-order valence-electron chi connectivity index (χ3n) is 3.83. The average molecular weight is 250 g/mol. The zero-order chi connectivity index (χ0) is 13.1. The minimum atomic E-state index is -0.118. The SMILES string of the molecule is CCC(C)N(C)c1c(F)cccc1CNC1CC1. The van der Waals surface area contributed by atoms with Crippen LogP contribution in [0.3, 0.4) is 0 Å². The number of rotatable bonds is 6. The second kappa shape index (κ2) is 5.70. The molecule has 2 nitrogen and oxygen atoms in total. The van der Waals surface area contributed by atoms with Gasteiger partial charge in [-0.15, -0.1) is 0 Å². The molecule has 1 fully saturated rings. The van der Waals surface area contributed by atoms with Gasteiger partial charge in [-0.2, -0.15) is 0 Å². The molecule has 2 rings (SSSR count). The van der Waals surface area contributed by atoms with Gasteiger partial charge in [-0.3, -0.25) is 0 Å². The van der Waals surface area contributed by atoms with E-state index in [2.05, 4.69) is 24.1 Å². The van der Waals surface area contributed by atoms with Gasteiger partial charge in [0.25, 0.3) is 0 Å². The molecule has 1 unspecified atom stereocenters. The van der Waals surface area contributed by atoms with Crippen LogP contribution in [0, 0.1) is 5.82 Å². The Hall–Kier alpha value is -1.09. The van der Waals surface area contributed by atoms with Crippen molar-refractivity contribution in [2.45, 2.75) is 51.7 Å². The quantitative estimate of drug-likeness (QED) is 0.833. The molecule has 1 saturated carbocycles. The monoisotopic (exact) mass is 250 g/mol. The first kappa shape index (κ1) is 13.3. The number of nitrogens with one attached hydrogen (secondary N) is 1. The molecule has 1 atom stereocenters.